The standard InChI is InChI=1S/C16H15NOS/c17-10-14-8-4-5-9-16(14)18-11-15(12-19)13-6-2-1-3-7-13/h1-9,15,19H,11-12H2. The van der Waals surface area contributed by atoms with Gasteiger partial charge in [-0.3, -0.25) is 0 Å². The molecular formula is C16H15NOS. The van der Waals surface area contributed by atoms with Gasteiger partial charge in [-0.05, 0) is 17.7 Å². The van der Waals surface area contributed by atoms with E-state index in [1.165, 1.54) is 5.56 Å². The van der Waals surface area contributed by atoms with Gasteiger partial charge in [0.2, 0.25) is 0 Å². The van der Waals surface area contributed by atoms with Crippen molar-refractivity contribution >= 4 is 12.6 Å². The normalized spacial score (nSPS) is 11.6. The van der Waals surface area contributed by atoms with Crippen LogP contribution in [0.5, 0.6) is 5.75 Å². The number of hydrogen-bond donors (Lipinski definition) is 1. The van der Waals surface area contributed by atoms with E-state index in [4.69, 9.17) is 10.00 Å². The minimum atomic E-state index is 0.219. The molecule has 0 aliphatic rings. The van der Waals surface area contributed by atoms with Crippen LogP contribution >= 0.6 is 12.6 Å². The van der Waals surface area contributed by atoms with Crippen LogP contribution in [0, 0.1) is 11.3 Å². The number of nitrogens with zero attached hydrogens (tertiary/aromatic N) is 1. The van der Waals surface area contributed by atoms with Crippen molar-refractivity contribution in [2.75, 3.05) is 12.4 Å². The summed E-state index contributed by atoms with van der Waals surface area (Å²) in [5.41, 5.74) is 1.76. The molecule has 1 atom stereocenters. The fourth-order valence-electron chi connectivity index (χ4n) is 1.85. The van der Waals surface area contributed by atoms with Crippen LogP contribution in [0.3, 0.4) is 0 Å². The molecule has 1 unspecified atom stereocenters. The van der Waals surface area contributed by atoms with Gasteiger partial charge in [0.1, 0.15) is 11.8 Å². The van der Waals surface area contributed by atoms with Crippen LogP contribution in [-0.2, 0) is 0 Å². The molecule has 0 aliphatic heterocycles. The van der Waals surface area contributed by atoms with Gasteiger partial charge in [-0.2, -0.15) is 17.9 Å². The molecular weight excluding hydrogens is 254 g/mol. The van der Waals surface area contributed by atoms with Crippen molar-refractivity contribution in [2.45, 2.75) is 5.92 Å². The molecule has 19 heavy (non-hydrogen) atoms. The summed E-state index contributed by atoms with van der Waals surface area (Å²) in [6.07, 6.45) is 0. The number of rotatable bonds is 5. The van der Waals surface area contributed by atoms with Gasteiger partial charge in [-0.1, -0.05) is 42.5 Å². The van der Waals surface area contributed by atoms with Crippen LogP contribution in [0.2, 0.25) is 0 Å². The number of benzene rings is 2. The van der Waals surface area contributed by atoms with Crippen LogP contribution < -0.4 is 4.74 Å². The lowest BCUT2D eigenvalue weighted by Gasteiger charge is -2.16. The van der Waals surface area contributed by atoms with E-state index in [1.807, 2.05) is 36.4 Å². The maximum absolute atomic E-state index is 9.01. The van der Waals surface area contributed by atoms with Gasteiger partial charge in [-0.25, -0.2) is 0 Å². The molecule has 0 amide bonds. The predicted molar refractivity (Wildman–Crippen MR) is 79.7 cm³/mol. The highest BCUT2D eigenvalue weighted by Gasteiger charge is 2.11. The molecule has 0 saturated carbocycles. The molecule has 0 fully saturated rings. The third kappa shape index (κ3) is 3.52. The highest BCUT2D eigenvalue weighted by molar-refractivity contribution is 7.80. The van der Waals surface area contributed by atoms with Gasteiger partial charge in [0.15, 0.2) is 0 Å². The quantitative estimate of drug-likeness (QED) is 0.840. The van der Waals surface area contributed by atoms with E-state index in [-0.39, 0.29) is 5.92 Å². The molecule has 2 aromatic rings. The van der Waals surface area contributed by atoms with E-state index in [9.17, 15) is 0 Å². The molecule has 2 aromatic carbocycles. The van der Waals surface area contributed by atoms with E-state index >= 15 is 0 Å². The van der Waals surface area contributed by atoms with Crippen LogP contribution in [-0.4, -0.2) is 12.4 Å². The number of nitriles is 1. The summed E-state index contributed by atoms with van der Waals surface area (Å²) in [5.74, 6) is 1.56. The minimum absolute atomic E-state index is 0.219. The van der Waals surface area contributed by atoms with Crippen LogP contribution in [0.1, 0.15) is 17.0 Å². The lowest BCUT2D eigenvalue weighted by atomic mass is 10.0. The maximum Gasteiger partial charge on any atom is 0.137 e. The van der Waals surface area contributed by atoms with Crippen LogP contribution in [0.15, 0.2) is 54.6 Å². The summed E-state index contributed by atoms with van der Waals surface area (Å²) >= 11 is 4.38. The van der Waals surface area contributed by atoms with Crippen LogP contribution in [0.25, 0.3) is 0 Å². The summed E-state index contributed by atoms with van der Waals surface area (Å²) in [4.78, 5) is 0. The first kappa shape index (κ1) is 13.5. The van der Waals surface area contributed by atoms with E-state index in [1.54, 1.807) is 6.07 Å². The van der Waals surface area contributed by atoms with E-state index in [0.717, 1.165) is 0 Å². The third-order valence-electron chi connectivity index (χ3n) is 2.94. The van der Waals surface area contributed by atoms with Crippen molar-refractivity contribution in [1.29, 1.82) is 5.26 Å². The Morgan fingerprint density at radius 2 is 1.74 bits per heavy atom. The molecule has 0 aliphatic carbocycles. The average Bonchev–Trinajstić information content (AvgIpc) is 2.49. The third-order valence-corrected chi connectivity index (χ3v) is 3.38. The zero-order valence-corrected chi connectivity index (χ0v) is 11.4. The molecule has 0 bridgehead atoms. The molecule has 0 spiro atoms. The minimum Gasteiger partial charge on any atom is -0.492 e. The second-order valence-corrected chi connectivity index (χ2v) is 4.57. The second-order valence-electron chi connectivity index (χ2n) is 4.21. The smallest absolute Gasteiger partial charge is 0.137 e. The molecule has 0 heterocycles. The Balaban J connectivity index is 2.07. The topological polar surface area (TPSA) is 33.0 Å². The van der Waals surface area contributed by atoms with Gasteiger partial charge >= 0.3 is 0 Å². The van der Waals surface area contributed by atoms with E-state index in [0.29, 0.717) is 23.7 Å². The first-order valence-electron chi connectivity index (χ1n) is 6.13. The summed E-state index contributed by atoms with van der Waals surface area (Å²) in [6.45, 7) is 0.520. The van der Waals surface area contributed by atoms with E-state index in [2.05, 4.69) is 30.8 Å². The molecule has 0 radical (unpaired) electrons. The van der Waals surface area contributed by atoms with Crippen molar-refractivity contribution in [3.05, 3.63) is 65.7 Å². The van der Waals surface area contributed by atoms with Crippen molar-refractivity contribution in [1.82, 2.24) is 0 Å². The highest BCUT2D eigenvalue weighted by atomic mass is 32.1. The summed E-state index contributed by atoms with van der Waals surface area (Å²) in [5, 5.41) is 9.01. The first-order valence-corrected chi connectivity index (χ1v) is 6.76. The molecule has 0 aromatic heterocycles. The van der Waals surface area contributed by atoms with Gasteiger partial charge in [0.05, 0.1) is 12.2 Å². The van der Waals surface area contributed by atoms with Gasteiger partial charge in [-0.15, -0.1) is 0 Å². The van der Waals surface area contributed by atoms with Gasteiger partial charge < -0.3 is 4.74 Å². The van der Waals surface area contributed by atoms with E-state index < -0.39 is 0 Å². The number of para-hydroxylation sites is 1. The van der Waals surface area contributed by atoms with Crippen molar-refractivity contribution < 1.29 is 4.74 Å². The Morgan fingerprint density at radius 3 is 2.42 bits per heavy atom. The largest absolute Gasteiger partial charge is 0.492 e. The summed E-state index contributed by atoms with van der Waals surface area (Å²) < 4.78 is 5.76. The lowest BCUT2D eigenvalue weighted by molar-refractivity contribution is 0.297. The van der Waals surface area contributed by atoms with Gasteiger partial charge in [0.25, 0.3) is 0 Å². The number of thiol groups is 1. The Bertz CT molecular complexity index is 562. The second kappa shape index (κ2) is 6.86. The van der Waals surface area contributed by atoms with Crippen molar-refractivity contribution in [3.8, 4) is 11.8 Å². The molecule has 0 saturated heterocycles. The molecule has 2 rings (SSSR count). The molecule has 0 N–H and O–H groups in total. The Labute approximate surface area is 119 Å². The first-order chi connectivity index (χ1) is 9.35. The Hall–Kier alpha value is -1.92. The Kier molecular flexibility index (Phi) is 4.88. The molecule has 3 heteroatoms. The fourth-order valence-corrected chi connectivity index (χ4v) is 2.17. The SMILES string of the molecule is N#Cc1ccccc1OCC(CS)c1ccccc1. The molecule has 2 nitrogen and oxygen atoms in total. The predicted octanol–water partition coefficient (Wildman–Crippen LogP) is 3.65. The lowest BCUT2D eigenvalue weighted by Crippen LogP contribution is -2.12. The summed E-state index contributed by atoms with van der Waals surface area (Å²) in [7, 11) is 0. The monoisotopic (exact) mass is 269 g/mol. The van der Waals surface area contributed by atoms with Gasteiger partial charge in [0, 0.05) is 11.7 Å². The Morgan fingerprint density at radius 1 is 1.05 bits per heavy atom. The van der Waals surface area contributed by atoms with Crippen LogP contribution in [0.4, 0.5) is 0 Å². The average molecular weight is 269 g/mol. The summed E-state index contributed by atoms with van der Waals surface area (Å²) in [6, 6.07) is 19.6. The highest BCUT2D eigenvalue weighted by Crippen LogP contribution is 2.21. The van der Waals surface area contributed by atoms with Crippen molar-refractivity contribution in [3.63, 3.8) is 0 Å². The number of ether oxygens (including phenoxy) is 1. The molecule has 96 valence electrons. The fraction of sp³-hybridized carbons (Fsp3) is 0.188. The zero-order chi connectivity index (χ0) is 13.5. The van der Waals surface area contributed by atoms with Crippen molar-refractivity contribution in [2.24, 2.45) is 0 Å². The number of hydrogen-bond acceptors (Lipinski definition) is 3. The maximum atomic E-state index is 9.01. The zero-order valence-electron chi connectivity index (χ0n) is 10.5.